The van der Waals surface area contributed by atoms with E-state index in [2.05, 4.69) is 12.1 Å². The highest BCUT2D eigenvalue weighted by Crippen LogP contribution is 2.37. The standard InChI is InChI=1S/C16H13FO3S/c17-11-5-6-13(16(18)19)14(8-11)20-9-12-7-10-3-1-2-4-15(10)21-12/h1-6,8,12H,7,9H2,(H,18,19). The molecule has 0 spiro atoms. The van der Waals surface area contributed by atoms with E-state index in [9.17, 15) is 9.18 Å². The van der Waals surface area contributed by atoms with Gasteiger partial charge in [0.15, 0.2) is 0 Å². The molecule has 0 aliphatic carbocycles. The minimum Gasteiger partial charge on any atom is -0.491 e. The molecule has 2 aromatic carbocycles. The number of carboxylic acid groups (broad SMARTS) is 1. The van der Waals surface area contributed by atoms with Crippen LogP contribution in [0.1, 0.15) is 15.9 Å². The third kappa shape index (κ3) is 3.03. The highest BCUT2D eigenvalue weighted by atomic mass is 32.2. The van der Waals surface area contributed by atoms with Gasteiger partial charge in [-0.25, -0.2) is 9.18 Å². The lowest BCUT2D eigenvalue weighted by Gasteiger charge is -2.13. The van der Waals surface area contributed by atoms with Gasteiger partial charge >= 0.3 is 5.97 Å². The molecule has 5 heteroatoms. The van der Waals surface area contributed by atoms with E-state index in [0.29, 0.717) is 6.61 Å². The molecule has 2 aromatic rings. The van der Waals surface area contributed by atoms with Gasteiger partial charge in [-0.15, -0.1) is 11.8 Å². The first-order chi connectivity index (χ1) is 10.1. The minimum atomic E-state index is -1.12. The highest BCUT2D eigenvalue weighted by molar-refractivity contribution is 8.00. The fourth-order valence-electron chi connectivity index (χ4n) is 2.32. The highest BCUT2D eigenvalue weighted by Gasteiger charge is 2.23. The van der Waals surface area contributed by atoms with E-state index in [0.717, 1.165) is 18.6 Å². The summed E-state index contributed by atoms with van der Waals surface area (Å²) in [5.41, 5.74) is 1.26. The van der Waals surface area contributed by atoms with Crippen molar-refractivity contribution in [3.05, 3.63) is 59.4 Å². The van der Waals surface area contributed by atoms with Crippen molar-refractivity contribution >= 4 is 17.7 Å². The van der Waals surface area contributed by atoms with Crippen molar-refractivity contribution < 1.29 is 19.0 Å². The van der Waals surface area contributed by atoms with Gasteiger partial charge in [0.05, 0.1) is 0 Å². The number of carboxylic acids is 1. The predicted octanol–water partition coefficient (Wildman–Crippen LogP) is 3.62. The topological polar surface area (TPSA) is 46.5 Å². The average Bonchev–Trinajstić information content (AvgIpc) is 2.87. The Morgan fingerprint density at radius 2 is 2.14 bits per heavy atom. The van der Waals surface area contributed by atoms with Crippen LogP contribution in [-0.2, 0) is 6.42 Å². The Kier molecular flexibility index (Phi) is 3.84. The number of rotatable bonds is 4. The molecular formula is C16H13FO3S. The third-order valence-corrected chi connectivity index (χ3v) is 4.60. The molecule has 0 amide bonds. The van der Waals surface area contributed by atoms with E-state index in [1.165, 1.54) is 16.5 Å². The molecule has 0 saturated heterocycles. The SMILES string of the molecule is O=C(O)c1ccc(F)cc1OCC1Cc2ccccc2S1. The van der Waals surface area contributed by atoms with E-state index >= 15 is 0 Å². The van der Waals surface area contributed by atoms with Crippen LogP contribution >= 0.6 is 11.8 Å². The Balaban J connectivity index is 1.69. The molecule has 1 aliphatic heterocycles. The van der Waals surface area contributed by atoms with Crippen LogP contribution in [-0.4, -0.2) is 22.9 Å². The van der Waals surface area contributed by atoms with Crippen molar-refractivity contribution in [3.63, 3.8) is 0 Å². The summed E-state index contributed by atoms with van der Waals surface area (Å²) in [5.74, 6) is -1.54. The zero-order valence-corrected chi connectivity index (χ0v) is 11.9. The van der Waals surface area contributed by atoms with Gasteiger partial charge in [-0.2, -0.15) is 0 Å². The normalized spacial score (nSPS) is 16.5. The summed E-state index contributed by atoms with van der Waals surface area (Å²) in [6.45, 7) is 0.350. The Morgan fingerprint density at radius 3 is 2.90 bits per heavy atom. The molecule has 0 saturated carbocycles. The van der Waals surface area contributed by atoms with Gasteiger partial charge < -0.3 is 9.84 Å². The number of fused-ring (bicyclic) bond motifs is 1. The fraction of sp³-hybridized carbons (Fsp3) is 0.188. The summed E-state index contributed by atoms with van der Waals surface area (Å²) >= 11 is 1.71. The Bertz CT molecular complexity index is 662. The molecule has 0 bridgehead atoms. The molecule has 1 heterocycles. The molecule has 1 atom stereocenters. The molecule has 3 rings (SSSR count). The maximum atomic E-state index is 13.2. The number of hydrogen-bond acceptors (Lipinski definition) is 3. The van der Waals surface area contributed by atoms with Crippen molar-refractivity contribution in [2.75, 3.05) is 6.61 Å². The average molecular weight is 304 g/mol. The van der Waals surface area contributed by atoms with Gasteiger partial charge in [0.25, 0.3) is 0 Å². The molecule has 3 nitrogen and oxygen atoms in total. The maximum Gasteiger partial charge on any atom is 0.339 e. The lowest BCUT2D eigenvalue weighted by molar-refractivity contribution is 0.0692. The zero-order chi connectivity index (χ0) is 14.8. The van der Waals surface area contributed by atoms with Crippen LogP contribution in [0, 0.1) is 5.82 Å². The van der Waals surface area contributed by atoms with Crippen LogP contribution < -0.4 is 4.74 Å². The van der Waals surface area contributed by atoms with Gasteiger partial charge in [0.1, 0.15) is 23.7 Å². The molecule has 1 aliphatic rings. The van der Waals surface area contributed by atoms with Crippen LogP contribution in [0.3, 0.4) is 0 Å². The fourth-order valence-corrected chi connectivity index (χ4v) is 3.54. The first-order valence-corrected chi connectivity index (χ1v) is 7.41. The predicted molar refractivity (Wildman–Crippen MR) is 78.6 cm³/mol. The van der Waals surface area contributed by atoms with E-state index in [1.807, 2.05) is 12.1 Å². The number of thioether (sulfide) groups is 1. The second-order valence-electron chi connectivity index (χ2n) is 4.81. The lowest BCUT2D eigenvalue weighted by Crippen LogP contribution is -2.15. The van der Waals surface area contributed by atoms with Crippen LogP contribution in [0.4, 0.5) is 4.39 Å². The lowest BCUT2D eigenvalue weighted by atomic mass is 10.1. The van der Waals surface area contributed by atoms with E-state index in [1.54, 1.807) is 11.8 Å². The van der Waals surface area contributed by atoms with Gasteiger partial charge in [0.2, 0.25) is 0 Å². The molecular weight excluding hydrogens is 291 g/mol. The Morgan fingerprint density at radius 1 is 1.33 bits per heavy atom. The summed E-state index contributed by atoms with van der Waals surface area (Å²) in [4.78, 5) is 12.3. The van der Waals surface area contributed by atoms with Crippen molar-refractivity contribution in [1.82, 2.24) is 0 Å². The number of aromatic carboxylic acids is 1. The van der Waals surface area contributed by atoms with Gasteiger partial charge in [0, 0.05) is 16.2 Å². The number of halogens is 1. The molecule has 0 aromatic heterocycles. The van der Waals surface area contributed by atoms with Gasteiger partial charge in [-0.1, -0.05) is 18.2 Å². The summed E-state index contributed by atoms with van der Waals surface area (Å²) in [7, 11) is 0. The first-order valence-electron chi connectivity index (χ1n) is 6.53. The maximum absolute atomic E-state index is 13.2. The van der Waals surface area contributed by atoms with Crippen molar-refractivity contribution in [2.24, 2.45) is 0 Å². The quantitative estimate of drug-likeness (QED) is 0.937. The monoisotopic (exact) mass is 304 g/mol. The van der Waals surface area contributed by atoms with Crippen LogP contribution in [0.5, 0.6) is 5.75 Å². The molecule has 108 valence electrons. The number of hydrogen-bond donors (Lipinski definition) is 1. The molecule has 0 fully saturated rings. The number of carbonyl (C=O) groups is 1. The van der Waals surface area contributed by atoms with Crippen LogP contribution in [0.25, 0.3) is 0 Å². The summed E-state index contributed by atoms with van der Waals surface area (Å²) in [6.07, 6.45) is 0.874. The second kappa shape index (κ2) is 5.77. The van der Waals surface area contributed by atoms with Gasteiger partial charge in [-0.3, -0.25) is 0 Å². The summed E-state index contributed by atoms with van der Waals surface area (Å²) < 4.78 is 18.8. The van der Waals surface area contributed by atoms with E-state index in [-0.39, 0.29) is 16.6 Å². The van der Waals surface area contributed by atoms with E-state index < -0.39 is 11.8 Å². The molecule has 1 N–H and O–H groups in total. The van der Waals surface area contributed by atoms with Crippen molar-refractivity contribution in [3.8, 4) is 5.75 Å². The van der Waals surface area contributed by atoms with Crippen molar-refractivity contribution in [2.45, 2.75) is 16.6 Å². The molecule has 21 heavy (non-hydrogen) atoms. The minimum absolute atomic E-state index is 0.0167. The Labute approximate surface area is 125 Å². The van der Waals surface area contributed by atoms with Crippen molar-refractivity contribution in [1.29, 1.82) is 0 Å². The van der Waals surface area contributed by atoms with Gasteiger partial charge in [-0.05, 0) is 30.2 Å². The molecule has 1 unspecified atom stereocenters. The second-order valence-corrected chi connectivity index (χ2v) is 6.15. The Hall–Kier alpha value is -2.01. The summed E-state index contributed by atoms with van der Waals surface area (Å²) in [6, 6.07) is 11.6. The smallest absolute Gasteiger partial charge is 0.339 e. The molecule has 0 radical (unpaired) electrons. The zero-order valence-electron chi connectivity index (χ0n) is 11.1. The van der Waals surface area contributed by atoms with Crippen LogP contribution in [0.2, 0.25) is 0 Å². The van der Waals surface area contributed by atoms with Crippen LogP contribution in [0.15, 0.2) is 47.4 Å². The number of benzene rings is 2. The van der Waals surface area contributed by atoms with E-state index in [4.69, 9.17) is 9.84 Å². The summed E-state index contributed by atoms with van der Waals surface area (Å²) in [5, 5.41) is 9.30. The third-order valence-electron chi connectivity index (χ3n) is 3.31. The number of ether oxygens (including phenoxy) is 1. The largest absolute Gasteiger partial charge is 0.491 e. The first kappa shape index (κ1) is 13.9.